The van der Waals surface area contributed by atoms with E-state index in [0.717, 1.165) is 12.1 Å². The summed E-state index contributed by atoms with van der Waals surface area (Å²) in [6.07, 6.45) is 0.796. The molecule has 1 aliphatic rings. The van der Waals surface area contributed by atoms with Gasteiger partial charge in [-0.3, -0.25) is 4.79 Å². The largest absolute Gasteiger partial charge is 0.378 e. The molecule has 0 radical (unpaired) electrons. The highest BCUT2D eigenvalue weighted by atomic mass is 16.2. The van der Waals surface area contributed by atoms with E-state index in [2.05, 4.69) is 5.32 Å². The lowest BCUT2D eigenvalue weighted by atomic mass is 10.1. The summed E-state index contributed by atoms with van der Waals surface area (Å²) in [5, 5.41) is 2.91. The second-order valence-electron chi connectivity index (χ2n) is 6.68. The van der Waals surface area contributed by atoms with Crippen molar-refractivity contribution >= 4 is 17.6 Å². The zero-order valence-corrected chi connectivity index (χ0v) is 15.1. The lowest BCUT2D eigenvalue weighted by Crippen LogP contribution is -2.44. The first-order valence-electron chi connectivity index (χ1n) is 8.50. The third-order valence-corrected chi connectivity index (χ3v) is 4.09. The smallest absolute Gasteiger partial charge is 0.317 e. The molecule has 6 heteroatoms. The lowest BCUT2D eigenvalue weighted by molar-refractivity contribution is 0.0762. The maximum absolute atomic E-state index is 12.8. The molecular weight excluding hydrogens is 304 g/mol. The van der Waals surface area contributed by atoms with Crippen LogP contribution in [-0.2, 0) is 0 Å². The van der Waals surface area contributed by atoms with Gasteiger partial charge in [0.05, 0.1) is 0 Å². The molecule has 0 atom stereocenters. The molecule has 1 aromatic carbocycles. The number of carbonyl (C=O) groups is 2. The van der Waals surface area contributed by atoms with Crippen LogP contribution in [0.25, 0.3) is 0 Å². The van der Waals surface area contributed by atoms with E-state index >= 15 is 0 Å². The number of anilines is 1. The zero-order valence-electron chi connectivity index (χ0n) is 15.1. The molecule has 0 aliphatic carbocycles. The van der Waals surface area contributed by atoms with Crippen LogP contribution in [0.2, 0.25) is 0 Å². The van der Waals surface area contributed by atoms with Crippen molar-refractivity contribution in [2.75, 3.05) is 45.2 Å². The monoisotopic (exact) mass is 332 g/mol. The third kappa shape index (κ3) is 4.63. The van der Waals surface area contributed by atoms with Gasteiger partial charge in [0, 0.05) is 57.6 Å². The predicted octanol–water partition coefficient (Wildman–Crippen LogP) is 2.02. The summed E-state index contributed by atoms with van der Waals surface area (Å²) >= 11 is 0. The highest BCUT2D eigenvalue weighted by Crippen LogP contribution is 2.16. The van der Waals surface area contributed by atoms with Crippen molar-refractivity contribution in [1.82, 2.24) is 15.1 Å². The Labute approximate surface area is 144 Å². The van der Waals surface area contributed by atoms with Gasteiger partial charge in [-0.15, -0.1) is 0 Å². The zero-order chi connectivity index (χ0) is 17.7. The van der Waals surface area contributed by atoms with Gasteiger partial charge in [0.15, 0.2) is 0 Å². The fourth-order valence-corrected chi connectivity index (χ4v) is 2.76. The molecule has 0 saturated carbocycles. The first-order chi connectivity index (χ1) is 11.4. The molecule has 2 rings (SSSR count). The quantitative estimate of drug-likeness (QED) is 0.921. The van der Waals surface area contributed by atoms with E-state index in [1.54, 1.807) is 4.90 Å². The molecule has 6 nitrogen and oxygen atoms in total. The molecule has 3 amide bonds. The Morgan fingerprint density at radius 3 is 2.42 bits per heavy atom. The van der Waals surface area contributed by atoms with Gasteiger partial charge in [0.1, 0.15) is 0 Å². The summed E-state index contributed by atoms with van der Waals surface area (Å²) in [7, 11) is 3.92. The Morgan fingerprint density at radius 1 is 1.08 bits per heavy atom. The number of hydrogen-bond donors (Lipinski definition) is 1. The Morgan fingerprint density at radius 2 is 1.75 bits per heavy atom. The normalized spacial score (nSPS) is 15.2. The van der Waals surface area contributed by atoms with Crippen LogP contribution in [0.5, 0.6) is 0 Å². The van der Waals surface area contributed by atoms with E-state index in [9.17, 15) is 9.59 Å². The summed E-state index contributed by atoms with van der Waals surface area (Å²) in [5.74, 6) is 0.0322. The maximum Gasteiger partial charge on any atom is 0.317 e. The number of nitrogens with zero attached hydrogens (tertiary/aromatic N) is 3. The van der Waals surface area contributed by atoms with Gasteiger partial charge in [-0.1, -0.05) is 6.07 Å². The summed E-state index contributed by atoms with van der Waals surface area (Å²) in [4.78, 5) is 30.5. The van der Waals surface area contributed by atoms with Crippen LogP contribution in [-0.4, -0.2) is 68.1 Å². The first kappa shape index (κ1) is 18.1. The molecule has 1 fully saturated rings. The predicted molar refractivity (Wildman–Crippen MR) is 96.5 cm³/mol. The second-order valence-corrected chi connectivity index (χ2v) is 6.68. The maximum atomic E-state index is 12.8. The van der Waals surface area contributed by atoms with E-state index in [4.69, 9.17) is 0 Å². The number of benzene rings is 1. The van der Waals surface area contributed by atoms with Crippen molar-refractivity contribution in [3.05, 3.63) is 29.8 Å². The molecular formula is C18H28N4O2. The van der Waals surface area contributed by atoms with E-state index < -0.39 is 0 Å². The highest BCUT2D eigenvalue weighted by molar-refractivity contribution is 5.95. The van der Waals surface area contributed by atoms with Gasteiger partial charge >= 0.3 is 6.03 Å². The van der Waals surface area contributed by atoms with E-state index in [1.807, 2.05) is 62.0 Å². The summed E-state index contributed by atoms with van der Waals surface area (Å²) in [6.45, 7) is 6.39. The Kier molecular flexibility index (Phi) is 6.06. The van der Waals surface area contributed by atoms with Gasteiger partial charge in [-0.05, 0) is 38.5 Å². The van der Waals surface area contributed by atoms with Gasteiger partial charge in [-0.2, -0.15) is 0 Å². The van der Waals surface area contributed by atoms with Crippen molar-refractivity contribution in [2.45, 2.75) is 26.3 Å². The van der Waals surface area contributed by atoms with E-state index in [1.165, 1.54) is 0 Å². The lowest BCUT2D eigenvalue weighted by Gasteiger charge is -2.23. The van der Waals surface area contributed by atoms with Crippen LogP contribution >= 0.6 is 0 Å². The van der Waals surface area contributed by atoms with E-state index in [-0.39, 0.29) is 18.0 Å². The molecule has 0 bridgehead atoms. The summed E-state index contributed by atoms with van der Waals surface area (Å²) < 4.78 is 0. The van der Waals surface area contributed by atoms with Gasteiger partial charge in [0.2, 0.25) is 0 Å². The summed E-state index contributed by atoms with van der Waals surface area (Å²) in [6, 6.07) is 7.72. The van der Waals surface area contributed by atoms with Gasteiger partial charge in [-0.25, -0.2) is 4.79 Å². The molecule has 132 valence electrons. The minimum atomic E-state index is -0.0473. The van der Waals surface area contributed by atoms with Crippen LogP contribution in [0.3, 0.4) is 0 Å². The van der Waals surface area contributed by atoms with Crippen molar-refractivity contribution in [3.63, 3.8) is 0 Å². The second kappa shape index (κ2) is 8.04. The van der Waals surface area contributed by atoms with Crippen LogP contribution in [0.4, 0.5) is 10.5 Å². The minimum Gasteiger partial charge on any atom is -0.378 e. The van der Waals surface area contributed by atoms with Crippen molar-refractivity contribution in [2.24, 2.45) is 0 Å². The van der Waals surface area contributed by atoms with Crippen LogP contribution < -0.4 is 10.2 Å². The van der Waals surface area contributed by atoms with Gasteiger partial charge in [0.25, 0.3) is 5.91 Å². The molecule has 1 N–H and O–H groups in total. The molecule has 1 heterocycles. The molecule has 1 saturated heterocycles. The fraction of sp³-hybridized carbons (Fsp3) is 0.556. The number of hydrogen-bond acceptors (Lipinski definition) is 3. The van der Waals surface area contributed by atoms with Crippen LogP contribution in [0.15, 0.2) is 24.3 Å². The number of rotatable bonds is 3. The minimum absolute atomic E-state index is 0.0322. The summed E-state index contributed by atoms with van der Waals surface area (Å²) in [5.41, 5.74) is 1.70. The van der Waals surface area contributed by atoms with Crippen LogP contribution in [0.1, 0.15) is 30.6 Å². The average Bonchev–Trinajstić information content (AvgIpc) is 2.79. The van der Waals surface area contributed by atoms with Gasteiger partial charge < -0.3 is 20.0 Å². The topological polar surface area (TPSA) is 55.9 Å². The Balaban J connectivity index is 2.01. The van der Waals surface area contributed by atoms with Crippen molar-refractivity contribution < 1.29 is 9.59 Å². The molecule has 24 heavy (non-hydrogen) atoms. The average molecular weight is 332 g/mol. The SMILES string of the molecule is CC(C)NC(=O)N1CCCN(C(=O)c2cccc(N(C)C)c2)CC1. The van der Waals surface area contributed by atoms with E-state index in [0.29, 0.717) is 31.7 Å². The Hall–Kier alpha value is -2.24. The molecule has 0 spiro atoms. The number of nitrogens with one attached hydrogen (secondary N) is 1. The highest BCUT2D eigenvalue weighted by Gasteiger charge is 2.23. The standard InChI is InChI=1S/C18H28N4O2/c1-14(2)19-18(24)22-10-6-9-21(11-12-22)17(23)15-7-5-8-16(13-15)20(3)4/h5,7-8,13-14H,6,9-12H2,1-4H3,(H,19,24). The van der Waals surface area contributed by atoms with Crippen molar-refractivity contribution in [3.8, 4) is 0 Å². The first-order valence-corrected chi connectivity index (χ1v) is 8.50. The van der Waals surface area contributed by atoms with Crippen LogP contribution in [0, 0.1) is 0 Å². The molecule has 0 aromatic heterocycles. The third-order valence-electron chi connectivity index (χ3n) is 4.09. The number of urea groups is 1. The molecule has 1 aliphatic heterocycles. The molecule has 0 unspecified atom stereocenters. The Bertz CT molecular complexity index is 586. The number of carbonyl (C=O) groups excluding carboxylic acids is 2. The molecule has 1 aromatic rings. The number of amides is 3. The fourth-order valence-electron chi connectivity index (χ4n) is 2.76. The van der Waals surface area contributed by atoms with Crippen molar-refractivity contribution in [1.29, 1.82) is 0 Å².